The van der Waals surface area contributed by atoms with Crippen LogP contribution in [0.25, 0.3) is 0 Å². The van der Waals surface area contributed by atoms with Gasteiger partial charge in [0.25, 0.3) is 5.91 Å². The van der Waals surface area contributed by atoms with E-state index in [0.29, 0.717) is 18.8 Å². The number of nitrogens with zero attached hydrogens (tertiary/aromatic N) is 1. The van der Waals surface area contributed by atoms with E-state index in [-0.39, 0.29) is 30.5 Å². The maximum atomic E-state index is 13.8. The molecule has 0 atom stereocenters. The number of rotatable bonds is 4. The third-order valence-electron chi connectivity index (χ3n) is 3.07. The zero-order valence-corrected chi connectivity index (χ0v) is 13.3. The number of nitrogens with one attached hydrogen (secondary N) is 2. The summed E-state index contributed by atoms with van der Waals surface area (Å²) in [5.74, 6) is -1.18. The summed E-state index contributed by atoms with van der Waals surface area (Å²) in [6.07, 6.45) is 0. The fourth-order valence-corrected chi connectivity index (χ4v) is 1.98. The van der Waals surface area contributed by atoms with Gasteiger partial charge in [-0.1, -0.05) is 0 Å². The third kappa shape index (κ3) is 4.32. The van der Waals surface area contributed by atoms with Crippen molar-refractivity contribution in [3.8, 4) is 0 Å². The van der Waals surface area contributed by atoms with Gasteiger partial charge in [-0.25, -0.2) is 9.18 Å². The van der Waals surface area contributed by atoms with Crippen LogP contribution in [0.3, 0.4) is 0 Å². The van der Waals surface area contributed by atoms with Crippen molar-refractivity contribution in [2.75, 3.05) is 24.5 Å². The SMILES string of the molecule is CC(C)(N)CNC(=O)c1cc(N2CCNC2=O)ccc1F.Cl. The Kier molecular flexibility index (Phi) is 5.73. The van der Waals surface area contributed by atoms with Gasteiger partial charge in [0.2, 0.25) is 0 Å². The van der Waals surface area contributed by atoms with Crippen LogP contribution in [0, 0.1) is 5.82 Å². The zero-order valence-electron chi connectivity index (χ0n) is 12.5. The van der Waals surface area contributed by atoms with Crippen LogP contribution in [0.5, 0.6) is 0 Å². The summed E-state index contributed by atoms with van der Waals surface area (Å²) >= 11 is 0. The van der Waals surface area contributed by atoms with Crippen LogP contribution in [0.1, 0.15) is 24.2 Å². The summed E-state index contributed by atoms with van der Waals surface area (Å²) < 4.78 is 13.8. The Morgan fingerprint density at radius 2 is 2.18 bits per heavy atom. The third-order valence-corrected chi connectivity index (χ3v) is 3.07. The van der Waals surface area contributed by atoms with E-state index in [1.165, 1.54) is 23.1 Å². The second-order valence-electron chi connectivity index (χ2n) is 5.72. The van der Waals surface area contributed by atoms with E-state index in [4.69, 9.17) is 5.73 Å². The number of hydrogen-bond donors (Lipinski definition) is 3. The molecule has 0 bridgehead atoms. The quantitative estimate of drug-likeness (QED) is 0.776. The lowest BCUT2D eigenvalue weighted by atomic mass is 10.1. The van der Waals surface area contributed by atoms with Gasteiger partial charge < -0.3 is 16.4 Å². The van der Waals surface area contributed by atoms with E-state index >= 15 is 0 Å². The molecule has 0 aromatic heterocycles. The van der Waals surface area contributed by atoms with Crippen LogP contribution in [0.2, 0.25) is 0 Å². The number of amides is 3. The van der Waals surface area contributed by atoms with E-state index in [0.717, 1.165) is 0 Å². The largest absolute Gasteiger partial charge is 0.350 e. The first kappa shape index (κ1) is 18.2. The highest BCUT2D eigenvalue weighted by Crippen LogP contribution is 2.20. The maximum absolute atomic E-state index is 13.8. The second-order valence-corrected chi connectivity index (χ2v) is 5.72. The molecule has 0 saturated carbocycles. The van der Waals surface area contributed by atoms with Crippen LogP contribution >= 0.6 is 12.4 Å². The molecule has 1 fully saturated rings. The Labute approximate surface area is 134 Å². The topological polar surface area (TPSA) is 87.5 Å². The van der Waals surface area contributed by atoms with Crippen molar-refractivity contribution in [2.45, 2.75) is 19.4 Å². The predicted octanol–water partition coefficient (Wildman–Crippen LogP) is 1.24. The number of nitrogens with two attached hydrogens (primary N) is 1. The molecule has 1 saturated heterocycles. The molecule has 1 aliphatic heterocycles. The average Bonchev–Trinajstić information content (AvgIpc) is 2.82. The highest BCUT2D eigenvalue weighted by Gasteiger charge is 2.23. The molecule has 0 unspecified atom stereocenters. The summed E-state index contributed by atoms with van der Waals surface area (Å²) in [6, 6.07) is 3.78. The van der Waals surface area contributed by atoms with Crippen molar-refractivity contribution < 1.29 is 14.0 Å². The van der Waals surface area contributed by atoms with Crippen molar-refractivity contribution in [3.05, 3.63) is 29.6 Å². The lowest BCUT2D eigenvalue weighted by Gasteiger charge is -2.20. The van der Waals surface area contributed by atoms with Crippen LogP contribution < -0.4 is 21.3 Å². The number of carbonyl (C=O) groups excluding carboxylic acids is 2. The Morgan fingerprint density at radius 3 is 2.73 bits per heavy atom. The highest BCUT2D eigenvalue weighted by molar-refractivity contribution is 5.98. The summed E-state index contributed by atoms with van der Waals surface area (Å²) in [6.45, 7) is 4.75. The first-order chi connectivity index (χ1) is 9.78. The molecule has 0 spiro atoms. The fraction of sp³-hybridized carbons (Fsp3) is 0.429. The number of urea groups is 1. The van der Waals surface area contributed by atoms with Gasteiger partial charge in [0.05, 0.1) is 5.56 Å². The molecule has 4 N–H and O–H groups in total. The first-order valence-corrected chi connectivity index (χ1v) is 6.70. The van der Waals surface area contributed by atoms with E-state index in [1.54, 1.807) is 13.8 Å². The molecule has 6 nitrogen and oxygen atoms in total. The Bertz CT molecular complexity index is 574. The summed E-state index contributed by atoms with van der Waals surface area (Å²) in [5, 5.41) is 5.24. The number of hydrogen-bond acceptors (Lipinski definition) is 3. The van der Waals surface area contributed by atoms with Gasteiger partial charge in [0.15, 0.2) is 0 Å². The van der Waals surface area contributed by atoms with Crippen LogP contribution in [-0.2, 0) is 0 Å². The molecule has 0 aliphatic carbocycles. The van der Waals surface area contributed by atoms with Gasteiger partial charge >= 0.3 is 6.03 Å². The van der Waals surface area contributed by atoms with Crippen molar-refractivity contribution in [3.63, 3.8) is 0 Å². The van der Waals surface area contributed by atoms with Crippen molar-refractivity contribution >= 4 is 30.0 Å². The Hall–Kier alpha value is -1.86. The van der Waals surface area contributed by atoms with E-state index < -0.39 is 17.3 Å². The molecule has 3 amide bonds. The van der Waals surface area contributed by atoms with Crippen molar-refractivity contribution in [2.24, 2.45) is 5.73 Å². The standard InChI is InChI=1S/C14H19FN4O2.ClH/c1-14(2,16)8-18-12(20)10-7-9(3-4-11(10)15)19-6-5-17-13(19)21;/h3-4,7H,5-6,8,16H2,1-2H3,(H,17,21)(H,18,20);1H. The zero-order chi connectivity index (χ0) is 15.6. The summed E-state index contributed by atoms with van der Waals surface area (Å²) in [7, 11) is 0. The van der Waals surface area contributed by atoms with Gasteiger partial charge in [-0.15, -0.1) is 12.4 Å². The Morgan fingerprint density at radius 1 is 1.50 bits per heavy atom. The monoisotopic (exact) mass is 330 g/mol. The number of benzene rings is 1. The minimum atomic E-state index is -0.634. The number of anilines is 1. The van der Waals surface area contributed by atoms with E-state index in [1.807, 2.05) is 0 Å². The normalized spacial score (nSPS) is 14.4. The van der Waals surface area contributed by atoms with Crippen molar-refractivity contribution in [1.29, 1.82) is 0 Å². The number of halogens is 2. The molecule has 1 aromatic rings. The van der Waals surface area contributed by atoms with Gasteiger partial charge in [-0.3, -0.25) is 9.69 Å². The van der Waals surface area contributed by atoms with E-state index in [2.05, 4.69) is 10.6 Å². The summed E-state index contributed by atoms with van der Waals surface area (Å²) in [4.78, 5) is 25.1. The molecular weight excluding hydrogens is 311 g/mol. The molecule has 8 heteroatoms. The van der Waals surface area contributed by atoms with Gasteiger partial charge in [-0.05, 0) is 32.0 Å². The van der Waals surface area contributed by atoms with Gasteiger partial charge in [0, 0.05) is 30.9 Å². The summed E-state index contributed by atoms with van der Waals surface area (Å²) in [5.41, 5.74) is 5.58. The van der Waals surface area contributed by atoms with Gasteiger partial charge in [-0.2, -0.15) is 0 Å². The van der Waals surface area contributed by atoms with E-state index in [9.17, 15) is 14.0 Å². The van der Waals surface area contributed by atoms with Gasteiger partial charge in [0.1, 0.15) is 5.82 Å². The molecule has 0 radical (unpaired) electrons. The Balaban J connectivity index is 0.00000242. The smallest absolute Gasteiger partial charge is 0.321 e. The lowest BCUT2D eigenvalue weighted by Crippen LogP contribution is -2.45. The molecule has 1 aromatic carbocycles. The predicted molar refractivity (Wildman–Crippen MR) is 85.0 cm³/mol. The molecule has 1 aliphatic rings. The minimum absolute atomic E-state index is 0. The second kappa shape index (κ2) is 6.93. The molecular formula is C14H20ClFN4O2. The van der Waals surface area contributed by atoms with Crippen LogP contribution in [0.4, 0.5) is 14.9 Å². The fourth-order valence-electron chi connectivity index (χ4n) is 1.98. The molecule has 1 heterocycles. The molecule has 2 rings (SSSR count). The van der Waals surface area contributed by atoms with Crippen molar-refractivity contribution in [1.82, 2.24) is 10.6 Å². The maximum Gasteiger partial charge on any atom is 0.321 e. The first-order valence-electron chi connectivity index (χ1n) is 6.70. The molecule has 122 valence electrons. The molecule has 22 heavy (non-hydrogen) atoms. The van der Waals surface area contributed by atoms with Crippen LogP contribution in [0.15, 0.2) is 18.2 Å². The van der Waals surface area contributed by atoms with Crippen LogP contribution in [-0.4, -0.2) is 37.1 Å². The minimum Gasteiger partial charge on any atom is -0.350 e. The lowest BCUT2D eigenvalue weighted by molar-refractivity contribution is 0.0942. The number of carbonyl (C=O) groups is 2. The highest BCUT2D eigenvalue weighted by atomic mass is 35.5. The average molecular weight is 331 g/mol.